The first kappa shape index (κ1) is 17.9. The van der Waals surface area contributed by atoms with Crippen molar-refractivity contribution in [1.29, 1.82) is 0 Å². The van der Waals surface area contributed by atoms with Crippen molar-refractivity contribution in [1.82, 2.24) is 9.71 Å². The van der Waals surface area contributed by atoms with E-state index in [1.165, 1.54) is 26.1 Å². The molecule has 0 bridgehead atoms. The molecule has 0 fully saturated rings. The molecule has 21 heavy (non-hydrogen) atoms. The Bertz CT molecular complexity index is 631. The summed E-state index contributed by atoms with van der Waals surface area (Å²) < 4.78 is 27.7. The van der Waals surface area contributed by atoms with Crippen LogP contribution >= 0.6 is 15.9 Å². The molecule has 0 radical (unpaired) electrons. The van der Waals surface area contributed by atoms with E-state index in [0.29, 0.717) is 11.0 Å². The molecular weight excluding hydrogens is 360 g/mol. The molecule has 1 rings (SSSR count). The second-order valence-electron chi connectivity index (χ2n) is 5.02. The van der Waals surface area contributed by atoms with Crippen LogP contribution in [0.2, 0.25) is 0 Å². The predicted octanol–water partition coefficient (Wildman–Crippen LogP) is 1.21. The van der Waals surface area contributed by atoms with Crippen LogP contribution in [-0.2, 0) is 14.8 Å². The molecule has 0 saturated carbocycles. The number of carbonyl (C=O) groups is 1. The first-order valence-electron chi connectivity index (χ1n) is 6.33. The molecular formula is C12H19BrN4O3S. The highest BCUT2D eigenvalue weighted by Gasteiger charge is 2.33. The fourth-order valence-corrected chi connectivity index (χ4v) is 3.47. The molecule has 0 aromatic carbocycles. The topological polar surface area (TPSA) is 114 Å². The van der Waals surface area contributed by atoms with Gasteiger partial charge in [-0.15, -0.1) is 0 Å². The van der Waals surface area contributed by atoms with Crippen molar-refractivity contribution < 1.29 is 13.2 Å². The average Bonchev–Trinajstić information content (AvgIpc) is 2.35. The van der Waals surface area contributed by atoms with Gasteiger partial charge in [0.05, 0.1) is 0 Å². The first-order valence-corrected chi connectivity index (χ1v) is 8.61. The summed E-state index contributed by atoms with van der Waals surface area (Å²) in [5.41, 5.74) is 3.80. The normalized spacial score (nSPS) is 12.2. The van der Waals surface area contributed by atoms with Crippen molar-refractivity contribution in [2.45, 2.75) is 37.6 Å². The summed E-state index contributed by atoms with van der Waals surface area (Å²) in [5, 5.41) is 2.94. The number of nitrogens with one attached hydrogen (secondary N) is 2. The van der Waals surface area contributed by atoms with Crippen LogP contribution < -0.4 is 15.8 Å². The number of aromatic nitrogens is 1. The maximum Gasteiger partial charge on any atom is 0.245 e. The number of sulfonamides is 1. The number of rotatable bonds is 7. The summed E-state index contributed by atoms with van der Waals surface area (Å²) in [6.07, 6.45) is 2.31. The zero-order chi connectivity index (χ0) is 16.3. The van der Waals surface area contributed by atoms with Gasteiger partial charge >= 0.3 is 0 Å². The number of primary amides is 1. The van der Waals surface area contributed by atoms with Gasteiger partial charge in [-0.1, -0.05) is 6.92 Å². The van der Waals surface area contributed by atoms with Gasteiger partial charge in [-0.05, 0) is 42.3 Å². The van der Waals surface area contributed by atoms with Gasteiger partial charge in [0.15, 0.2) is 0 Å². The Morgan fingerprint density at radius 3 is 2.62 bits per heavy atom. The monoisotopic (exact) mass is 378 g/mol. The van der Waals surface area contributed by atoms with Crippen LogP contribution in [0.25, 0.3) is 0 Å². The minimum atomic E-state index is -3.95. The van der Waals surface area contributed by atoms with E-state index in [9.17, 15) is 13.2 Å². The summed E-state index contributed by atoms with van der Waals surface area (Å²) in [6.45, 7) is 5.33. The zero-order valence-corrected chi connectivity index (χ0v) is 14.5. The minimum Gasteiger partial charge on any atom is -0.369 e. The number of halogens is 1. The molecule has 9 heteroatoms. The highest BCUT2D eigenvalue weighted by molar-refractivity contribution is 9.10. The van der Waals surface area contributed by atoms with Crippen LogP contribution in [0.3, 0.4) is 0 Å². The predicted molar refractivity (Wildman–Crippen MR) is 84.3 cm³/mol. The highest BCUT2D eigenvalue weighted by atomic mass is 79.9. The van der Waals surface area contributed by atoms with Gasteiger partial charge in [0.1, 0.15) is 16.3 Å². The van der Waals surface area contributed by atoms with Crippen molar-refractivity contribution in [3.8, 4) is 0 Å². The number of carbonyl (C=O) groups excluding carboxylic acids is 1. The summed E-state index contributed by atoms with van der Waals surface area (Å²) in [5.74, 6) is -0.537. The molecule has 0 atom stereocenters. The quantitative estimate of drug-likeness (QED) is 0.659. The Kier molecular flexibility index (Phi) is 5.71. The van der Waals surface area contributed by atoms with Crippen molar-refractivity contribution in [3.63, 3.8) is 0 Å². The molecule has 7 nitrogen and oxygen atoms in total. The van der Waals surface area contributed by atoms with Crippen LogP contribution in [0.4, 0.5) is 5.82 Å². The van der Waals surface area contributed by atoms with Crippen LogP contribution in [0.1, 0.15) is 27.2 Å². The van der Waals surface area contributed by atoms with Gasteiger partial charge in [0, 0.05) is 17.2 Å². The maximum atomic E-state index is 12.5. The summed E-state index contributed by atoms with van der Waals surface area (Å²) in [7, 11) is -3.95. The number of amides is 1. The Morgan fingerprint density at radius 1 is 1.48 bits per heavy atom. The van der Waals surface area contributed by atoms with Gasteiger partial charge < -0.3 is 11.1 Å². The Hall–Kier alpha value is -1.19. The fraction of sp³-hybridized carbons (Fsp3) is 0.500. The van der Waals surface area contributed by atoms with E-state index in [-0.39, 0.29) is 10.7 Å². The molecule has 4 N–H and O–H groups in total. The molecule has 0 spiro atoms. The Balaban J connectivity index is 3.24. The van der Waals surface area contributed by atoms with Crippen molar-refractivity contribution in [2.75, 3.05) is 11.9 Å². The third-order valence-corrected chi connectivity index (χ3v) is 4.76. The average molecular weight is 379 g/mol. The van der Waals surface area contributed by atoms with Gasteiger partial charge in [-0.3, -0.25) is 4.79 Å². The molecule has 1 aromatic heterocycles. The van der Waals surface area contributed by atoms with Crippen LogP contribution in [0, 0.1) is 0 Å². The minimum absolute atomic E-state index is 0.0420. The van der Waals surface area contributed by atoms with E-state index in [4.69, 9.17) is 5.73 Å². The number of nitrogens with two attached hydrogens (primary N) is 1. The number of anilines is 1. The molecule has 1 aromatic rings. The molecule has 0 unspecified atom stereocenters. The van der Waals surface area contributed by atoms with Gasteiger partial charge in [0.2, 0.25) is 15.9 Å². The fourth-order valence-electron chi connectivity index (χ4n) is 1.44. The lowest BCUT2D eigenvalue weighted by molar-refractivity contribution is -0.122. The maximum absolute atomic E-state index is 12.5. The number of hydrogen-bond acceptors (Lipinski definition) is 5. The second-order valence-corrected chi connectivity index (χ2v) is 7.59. The highest BCUT2D eigenvalue weighted by Crippen LogP contribution is 2.24. The van der Waals surface area contributed by atoms with E-state index < -0.39 is 21.5 Å². The lowest BCUT2D eigenvalue weighted by atomic mass is 10.1. The summed E-state index contributed by atoms with van der Waals surface area (Å²) in [6, 6.07) is 1.42. The van der Waals surface area contributed by atoms with Gasteiger partial charge in [-0.2, -0.15) is 4.72 Å². The second kappa shape index (κ2) is 6.71. The molecule has 0 aliphatic carbocycles. The van der Waals surface area contributed by atoms with E-state index >= 15 is 0 Å². The zero-order valence-electron chi connectivity index (χ0n) is 12.1. The Labute approximate surface area is 132 Å². The summed E-state index contributed by atoms with van der Waals surface area (Å²) in [4.78, 5) is 15.3. The van der Waals surface area contributed by atoms with Crippen molar-refractivity contribution in [2.24, 2.45) is 5.73 Å². The van der Waals surface area contributed by atoms with E-state index in [1.54, 1.807) is 0 Å². The van der Waals surface area contributed by atoms with E-state index in [2.05, 4.69) is 31.0 Å². The van der Waals surface area contributed by atoms with Crippen molar-refractivity contribution in [3.05, 3.63) is 16.7 Å². The number of nitrogens with zero attached hydrogens (tertiary/aromatic N) is 1. The van der Waals surface area contributed by atoms with Crippen LogP contribution in [-0.4, -0.2) is 31.4 Å². The number of hydrogen-bond donors (Lipinski definition) is 3. The smallest absolute Gasteiger partial charge is 0.245 e. The first-order chi connectivity index (χ1) is 9.60. The third-order valence-electron chi connectivity index (χ3n) is 2.66. The molecule has 118 valence electrons. The largest absolute Gasteiger partial charge is 0.369 e. The SMILES string of the molecule is CCCNc1ncc(Br)cc1S(=O)(=O)NC(C)(C)C(N)=O. The van der Waals surface area contributed by atoms with E-state index in [1.807, 2.05) is 6.92 Å². The molecule has 1 heterocycles. The van der Waals surface area contributed by atoms with Crippen LogP contribution in [0.15, 0.2) is 21.6 Å². The molecule has 1 amide bonds. The summed E-state index contributed by atoms with van der Waals surface area (Å²) >= 11 is 3.19. The van der Waals surface area contributed by atoms with E-state index in [0.717, 1.165) is 6.42 Å². The standard InChI is InChI=1S/C12H19BrN4O3S/c1-4-5-15-10-9(6-8(13)7-16-10)21(19,20)17-12(2,3)11(14)18/h6-7,17H,4-5H2,1-3H3,(H2,14,18)(H,15,16). The Morgan fingerprint density at radius 2 is 2.10 bits per heavy atom. The van der Waals surface area contributed by atoms with Crippen molar-refractivity contribution >= 4 is 37.7 Å². The van der Waals surface area contributed by atoms with Gasteiger partial charge in [0.25, 0.3) is 0 Å². The number of pyridine rings is 1. The molecule has 0 aliphatic rings. The third kappa shape index (κ3) is 4.65. The van der Waals surface area contributed by atoms with Crippen LogP contribution in [0.5, 0.6) is 0 Å². The lowest BCUT2D eigenvalue weighted by Gasteiger charge is -2.23. The lowest BCUT2D eigenvalue weighted by Crippen LogP contribution is -2.52. The molecule has 0 aliphatic heterocycles. The van der Waals surface area contributed by atoms with Gasteiger partial charge in [-0.25, -0.2) is 13.4 Å². The molecule has 0 saturated heterocycles.